The SMILES string of the molecule is COc1cc(Cl)c(NS(=O)(=O)c2ccc(-c3ccc(=O)[nH]n3)s2)c(OC)c1. The molecule has 8 nitrogen and oxygen atoms in total. The van der Waals surface area contributed by atoms with Crippen LogP contribution in [0.4, 0.5) is 5.69 Å². The summed E-state index contributed by atoms with van der Waals surface area (Å²) in [6.07, 6.45) is 0. The largest absolute Gasteiger partial charge is 0.497 e. The van der Waals surface area contributed by atoms with Crippen molar-refractivity contribution in [2.75, 3.05) is 18.9 Å². The van der Waals surface area contributed by atoms with Crippen molar-refractivity contribution in [1.29, 1.82) is 0 Å². The lowest BCUT2D eigenvalue weighted by atomic mass is 10.3. The Balaban J connectivity index is 1.94. The number of benzene rings is 1. The van der Waals surface area contributed by atoms with Gasteiger partial charge in [-0.15, -0.1) is 11.3 Å². The Morgan fingerprint density at radius 1 is 1.15 bits per heavy atom. The van der Waals surface area contributed by atoms with Gasteiger partial charge < -0.3 is 9.47 Å². The monoisotopic (exact) mass is 427 g/mol. The number of aromatic nitrogens is 2. The maximum Gasteiger partial charge on any atom is 0.271 e. The number of thiophene rings is 1. The van der Waals surface area contributed by atoms with E-state index in [1.807, 2.05) is 0 Å². The summed E-state index contributed by atoms with van der Waals surface area (Å²) in [5, 5.41) is 6.33. The van der Waals surface area contributed by atoms with Crippen LogP contribution in [0.25, 0.3) is 10.6 Å². The lowest BCUT2D eigenvalue weighted by molar-refractivity contribution is 0.395. The molecule has 0 saturated heterocycles. The van der Waals surface area contributed by atoms with Crippen LogP contribution in [0.5, 0.6) is 11.5 Å². The third kappa shape index (κ3) is 4.07. The van der Waals surface area contributed by atoms with Crippen LogP contribution in [0.2, 0.25) is 5.02 Å². The number of methoxy groups -OCH3 is 2. The van der Waals surface area contributed by atoms with Crippen LogP contribution in [0.3, 0.4) is 0 Å². The molecule has 0 unspecified atom stereocenters. The van der Waals surface area contributed by atoms with E-state index in [-0.39, 0.29) is 26.2 Å². The van der Waals surface area contributed by atoms with Crippen LogP contribution in [0, 0.1) is 0 Å². The summed E-state index contributed by atoms with van der Waals surface area (Å²) in [4.78, 5) is 11.7. The van der Waals surface area contributed by atoms with E-state index in [4.69, 9.17) is 21.1 Å². The Labute approximate surface area is 163 Å². The molecule has 0 bridgehead atoms. The topological polar surface area (TPSA) is 110 Å². The van der Waals surface area contributed by atoms with Crippen molar-refractivity contribution in [2.24, 2.45) is 0 Å². The molecular formula is C16H14ClN3O5S2. The highest BCUT2D eigenvalue weighted by molar-refractivity contribution is 7.94. The molecule has 2 N–H and O–H groups in total. The third-order valence-electron chi connectivity index (χ3n) is 3.50. The lowest BCUT2D eigenvalue weighted by Gasteiger charge is -2.14. The van der Waals surface area contributed by atoms with Gasteiger partial charge in [0, 0.05) is 18.2 Å². The minimum absolute atomic E-state index is 0.0550. The zero-order valence-corrected chi connectivity index (χ0v) is 16.5. The molecule has 2 aromatic heterocycles. The second kappa shape index (κ2) is 7.59. The average Bonchev–Trinajstić information content (AvgIpc) is 3.14. The van der Waals surface area contributed by atoms with Crippen molar-refractivity contribution < 1.29 is 17.9 Å². The van der Waals surface area contributed by atoms with Gasteiger partial charge in [-0.1, -0.05) is 11.6 Å². The molecule has 3 rings (SSSR count). The summed E-state index contributed by atoms with van der Waals surface area (Å²) >= 11 is 7.18. The Kier molecular flexibility index (Phi) is 5.40. The van der Waals surface area contributed by atoms with Crippen molar-refractivity contribution >= 4 is 38.6 Å². The van der Waals surface area contributed by atoms with E-state index in [1.165, 1.54) is 44.6 Å². The molecule has 0 radical (unpaired) electrons. The molecule has 0 atom stereocenters. The Morgan fingerprint density at radius 2 is 1.93 bits per heavy atom. The van der Waals surface area contributed by atoms with E-state index in [2.05, 4.69) is 14.9 Å². The van der Waals surface area contributed by atoms with Crippen LogP contribution in [-0.4, -0.2) is 32.8 Å². The number of ether oxygens (including phenoxy) is 2. The van der Waals surface area contributed by atoms with E-state index < -0.39 is 10.0 Å². The molecule has 3 aromatic rings. The maximum atomic E-state index is 12.8. The van der Waals surface area contributed by atoms with Crippen molar-refractivity contribution in [3.8, 4) is 22.1 Å². The van der Waals surface area contributed by atoms with E-state index >= 15 is 0 Å². The molecule has 0 aliphatic carbocycles. The maximum absolute atomic E-state index is 12.8. The zero-order chi connectivity index (χ0) is 19.6. The van der Waals surface area contributed by atoms with Gasteiger partial charge in [0.2, 0.25) is 0 Å². The Hall–Kier alpha value is -2.56. The molecule has 2 heterocycles. The van der Waals surface area contributed by atoms with Gasteiger partial charge in [-0.3, -0.25) is 9.52 Å². The van der Waals surface area contributed by atoms with Gasteiger partial charge >= 0.3 is 0 Å². The normalized spacial score (nSPS) is 11.2. The summed E-state index contributed by atoms with van der Waals surface area (Å²) in [6.45, 7) is 0. The Morgan fingerprint density at radius 3 is 2.56 bits per heavy atom. The number of nitrogens with one attached hydrogen (secondary N) is 2. The van der Waals surface area contributed by atoms with E-state index in [9.17, 15) is 13.2 Å². The average molecular weight is 428 g/mol. The molecule has 0 spiro atoms. The highest BCUT2D eigenvalue weighted by atomic mass is 35.5. The predicted molar refractivity (Wildman–Crippen MR) is 104 cm³/mol. The zero-order valence-electron chi connectivity index (χ0n) is 14.1. The van der Waals surface area contributed by atoms with Crippen LogP contribution in [0.1, 0.15) is 0 Å². The smallest absolute Gasteiger partial charge is 0.271 e. The molecule has 0 saturated carbocycles. The summed E-state index contributed by atoms with van der Waals surface area (Å²) in [6, 6.07) is 8.87. The summed E-state index contributed by atoms with van der Waals surface area (Å²) in [7, 11) is -1.06. The number of nitrogens with zero attached hydrogens (tertiary/aromatic N) is 1. The van der Waals surface area contributed by atoms with Gasteiger partial charge in [0.1, 0.15) is 27.1 Å². The van der Waals surface area contributed by atoms with Gasteiger partial charge in [0.15, 0.2) is 0 Å². The second-order valence-corrected chi connectivity index (χ2v) is 8.62. The number of rotatable bonds is 6. The highest BCUT2D eigenvalue weighted by Crippen LogP contribution is 2.39. The number of H-pyrrole nitrogens is 1. The molecule has 1 aromatic carbocycles. The van der Waals surface area contributed by atoms with Crippen LogP contribution >= 0.6 is 22.9 Å². The highest BCUT2D eigenvalue weighted by Gasteiger charge is 2.22. The molecule has 0 aliphatic rings. The predicted octanol–water partition coefficient (Wildman–Crippen LogP) is 2.97. The van der Waals surface area contributed by atoms with Gasteiger partial charge in [-0.25, -0.2) is 13.5 Å². The fourth-order valence-electron chi connectivity index (χ4n) is 2.20. The molecule has 27 heavy (non-hydrogen) atoms. The van der Waals surface area contributed by atoms with Crippen LogP contribution < -0.4 is 19.8 Å². The minimum atomic E-state index is -3.92. The first-order chi connectivity index (χ1) is 12.8. The molecule has 0 fully saturated rings. The lowest BCUT2D eigenvalue weighted by Crippen LogP contribution is -2.12. The quantitative estimate of drug-likeness (QED) is 0.625. The molecular weight excluding hydrogens is 414 g/mol. The summed E-state index contributed by atoms with van der Waals surface area (Å²) in [5.41, 5.74) is 0.226. The van der Waals surface area contributed by atoms with E-state index in [1.54, 1.807) is 6.07 Å². The van der Waals surface area contributed by atoms with E-state index in [0.717, 1.165) is 11.3 Å². The van der Waals surface area contributed by atoms with Crippen molar-refractivity contribution in [1.82, 2.24) is 10.2 Å². The number of aromatic amines is 1. The fraction of sp³-hybridized carbons (Fsp3) is 0.125. The first kappa shape index (κ1) is 19.2. The number of hydrogen-bond acceptors (Lipinski definition) is 7. The summed E-state index contributed by atoms with van der Waals surface area (Å²) in [5.74, 6) is 0.657. The third-order valence-corrected chi connectivity index (χ3v) is 6.74. The fourth-order valence-corrected chi connectivity index (χ4v) is 4.88. The van der Waals surface area contributed by atoms with Crippen molar-refractivity contribution in [2.45, 2.75) is 4.21 Å². The van der Waals surface area contributed by atoms with Gasteiger partial charge in [0.05, 0.1) is 24.1 Å². The molecule has 0 amide bonds. The standard InChI is InChI=1S/C16H14ClN3O5S2/c1-24-9-7-10(17)16(12(8-9)25-2)20-27(22,23)15-6-4-13(26-15)11-3-5-14(21)19-18-11/h3-8,20H,1-2H3,(H,19,21). The van der Waals surface area contributed by atoms with Gasteiger partial charge in [-0.2, -0.15) is 5.10 Å². The Bertz CT molecular complexity index is 1120. The first-order valence-electron chi connectivity index (χ1n) is 7.44. The van der Waals surface area contributed by atoms with Gasteiger partial charge in [0.25, 0.3) is 15.6 Å². The number of hydrogen-bond donors (Lipinski definition) is 2. The van der Waals surface area contributed by atoms with Crippen LogP contribution in [0.15, 0.2) is 45.4 Å². The van der Waals surface area contributed by atoms with Crippen molar-refractivity contribution in [3.05, 3.63) is 51.8 Å². The molecule has 142 valence electrons. The van der Waals surface area contributed by atoms with Crippen LogP contribution in [-0.2, 0) is 10.0 Å². The van der Waals surface area contributed by atoms with E-state index in [0.29, 0.717) is 16.3 Å². The number of halogens is 1. The number of anilines is 1. The summed E-state index contributed by atoms with van der Waals surface area (Å²) < 4.78 is 38.3. The molecule has 11 heteroatoms. The molecule has 0 aliphatic heterocycles. The minimum Gasteiger partial charge on any atom is -0.497 e. The second-order valence-electron chi connectivity index (χ2n) is 5.22. The first-order valence-corrected chi connectivity index (χ1v) is 10.1. The van der Waals surface area contributed by atoms with Gasteiger partial charge in [-0.05, 0) is 18.2 Å². The van der Waals surface area contributed by atoms with Crippen molar-refractivity contribution in [3.63, 3.8) is 0 Å². The number of sulfonamides is 1.